The molecule has 0 aromatic heterocycles. The summed E-state index contributed by atoms with van der Waals surface area (Å²) in [5, 5.41) is 0. The van der Waals surface area contributed by atoms with Crippen LogP contribution in [0.5, 0.6) is 0 Å². The number of hydrogen-bond acceptors (Lipinski definition) is 3. The summed E-state index contributed by atoms with van der Waals surface area (Å²) >= 11 is 0. The zero-order valence-electron chi connectivity index (χ0n) is 7.91. The molecule has 0 aliphatic heterocycles. The minimum Gasteiger partial charge on any atom is -0.302 e. The molecule has 0 rings (SSSR count). The van der Waals surface area contributed by atoms with Crippen LogP contribution in [0.25, 0.3) is 0 Å². The molecule has 0 saturated heterocycles. The van der Waals surface area contributed by atoms with E-state index in [-0.39, 0.29) is 162 Å². The van der Waals surface area contributed by atoms with Crippen LogP contribution in [0, 0.1) is 0 Å². The Morgan fingerprint density at radius 1 is 0.769 bits per heavy atom. The molecule has 4 radical (unpaired) electrons. The molecule has 0 aliphatic carbocycles. The minimum atomic E-state index is -5.05. The van der Waals surface area contributed by atoms with Crippen LogP contribution in [-0.2, 0) is 13.4 Å². The molecular weight excluding hydrogens is 298 g/mol. The van der Waals surface area contributed by atoms with Gasteiger partial charge in [0.05, 0.1) is 0 Å². The molecule has 0 amide bonds. The predicted octanol–water partition coefficient (Wildman–Crippen LogP) is -2.33. The molecule has 60 valence electrons. The van der Waals surface area contributed by atoms with Gasteiger partial charge in [-0.3, -0.25) is 0 Å². The SMILES string of the molecule is O=P(O)(O)OP(=O)(O)O.[K].[K].[Na].[Na]. The molecule has 0 unspecified atom stereocenters. The van der Waals surface area contributed by atoms with Gasteiger partial charge in [-0.1, -0.05) is 0 Å². The Hall–Kier alpha value is 5.53. The van der Waals surface area contributed by atoms with Crippen LogP contribution in [-0.4, -0.2) is 181 Å². The summed E-state index contributed by atoms with van der Waals surface area (Å²) in [5.74, 6) is 0. The molecule has 7 nitrogen and oxygen atoms in total. The second-order valence-corrected chi connectivity index (χ2v) is 3.68. The average Bonchev–Trinajstić information content (AvgIpc) is 1.14. The normalized spacial score (nSPS) is 9.54. The Kier molecular flexibility index (Phi) is 33.4. The average molecular weight is 302 g/mol. The van der Waals surface area contributed by atoms with E-state index in [9.17, 15) is 9.13 Å². The Morgan fingerprint density at radius 2 is 0.923 bits per heavy atom. The third-order valence-electron chi connectivity index (χ3n) is 0.213. The molecule has 0 spiro atoms. The number of phosphoric acid groups is 2. The minimum absolute atomic E-state index is 0. The summed E-state index contributed by atoms with van der Waals surface area (Å²) in [4.78, 5) is 31.0. The summed E-state index contributed by atoms with van der Waals surface area (Å²) in [6.07, 6.45) is 0. The van der Waals surface area contributed by atoms with Crippen molar-refractivity contribution in [3.8, 4) is 0 Å². The van der Waals surface area contributed by atoms with Crippen LogP contribution in [0.15, 0.2) is 0 Å². The van der Waals surface area contributed by atoms with E-state index in [2.05, 4.69) is 4.31 Å². The molecule has 0 aromatic carbocycles. The molecule has 4 N–H and O–H groups in total. The first-order valence-corrected chi connectivity index (χ1v) is 4.59. The van der Waals surface area contributed by atoms with Crippen molar-refractivity contribution in [1.29, 1.82) is 0 Å². The van der Waals surface area contributed by atoms with Gasteiger partial charge in [-0.05, 0) is 0 Å². The third kappa shape index (κ3) is 31.8. The zero-order valence-corrected chi connectivity index (χ0v) is 19.9. The molecule has 13 heavy (non-hydrogen) atoms. The molecule has 0 fully saturated rings. The molecule has 0 saturated carbocycles. The maximum Gasteiger partial charge on any atom is 0.478 e. The van der Waals surface area contributed by atoms with Gasteiger partial charge in [-0.25, -0.2) is 9.13 Å². The molecule has 0 heterocycles. The van der Waals surface area contributed by atoms with Crippen LogP contribution >= 0.6 is 15.6 Å². The fourth-order valence-corrected chi connectivity index (χ4v) is 1.25. The van der Waals surface area contributed by atoms with Gasteiger partial charge in [0, 0.05) is 162 Å². The largest absolute Gasteiger partial charge is 0.478 e. The van der Waals surface area contributed by atoms with E-state index < -0.39 is 15.6 Å². The van der Waals surface area contributed by atoms with E-state index in [0.29, 0.717) is 0 Å². The van der Waals surface area contributed by atoms with Gasteiger partial charge >= 0.3 is 15.6 Å². The molecule has 0 bridgehead atoms. The molecule has 0 aliphatic rings. The van der Waals surface area contributed by atoms with Crippen molar-refractivity contribution in [1.82, 2.24) is 0 Å². The van der Waals surface area contributed by atoms with Crippen molar-refractivity contribution < 1.29 is 33.0 Å². The summed E-state index contributed by atoms with van der Waals surface area (Å²) in [6, 6.07) is 0. The zero-order chi connectivity index (χ0) is 7.71. The van der Waals surface area contributed by atoms with Gasteiger partial charge in [-0.15, -0.1) is 0 Å². The first-order valence-electron chi connectivity index (χ1n) is 1.53. The predicted molar refractivity (Wildman–Crippen MR) is 48.2 cm³/mol. The molecule has 13 heteroatoms. The monoisotopic (exact) mass is 302 g/mol. The Bertz CT molecular complexity index is 163. The van der Waals surface area contributed by atoms with Gasteiger partial charge in [-0.2, -0.15) is 4.31 Å². The van der Waals surface area contributed by atoms with E-state index in [0.717, 1.165) is 0 Å². The maximum atomic E-state index is 9.63. The fourth-order valence-electron chi connectivity index (χ4n) is 0.139. The van der Waals surface area contributed by atoms with Gasteiger partial charge in [0.2, 0.25) is 0 Å². The van der Waals surface area contributed by atoms with Crippen molar-refractivity contribution in [3.63, 3.8) is 0 Å². The van der Waals surface area contributed by atoms with Gasteiger partial charge in [0.25, 0.3) is 0 Å². The number of hydrogen-bond donors (Lipinski definition) is 4. The summed E-state index contributed by atoms with van der Waals surface area (Å²) in [5.41, 5.74) is 0. The van der Waals surface area contributed by atoms with Crippen molar-refractivity contribution in [2.24, 2.45) is 0 Å². The second-order valence-electron chi connectivity index (χ2n) is 1.06. The van der Waals surface area contributed by atoms with Gasteiger partial charge < -0.3 is 19.6 Å². The molecular formula is H4K2Na2O7P2. The first kappa shape index (κ1) is 31.1. The van der Waals surface area contributed by atoms with E-state index in [1.165, 1.54) is 0 Å². The summed E-state index contributed by atoms with van der Waals surface area (Å²) in [6.45, 7) is 0. The fraction of sp³-hybridized carbons (Fsp3) is 0. The maximum absolute atomic E-state index is 9.63. The Balaban J connectivity index is -0.0000000533. The third-order valence-corrected chi connectivity index (χ3v) is 1.91. The Morgan fingerprint density at radius 3 is 0.923 bits per heavy atom. The smallest absolute Gasteiger partial charge is 0.302 e. The molecule has 0 aromatic rings. The van der Waals surface area contributed by atoms with Gasteiger partial charge in [0.15, 0.2) is 0 Å². The van der Waals surface area contributed by atoms with Crippen LogP contribution in [0.3, 0.4) is 0 Å². The quantitative estimate of drug-likeness (QED) is 0.333. The van der Waals surface area contributed by atoms with E-state index in [1.54, 1.807) is 0 Å². The van der Waals surface area contributed by atoms with Crippen molar-refractivity contribution >= 4 is 178 Å². The standard InChI is InChI=1S/2K.2Na.H4O7P2/c;;;;1-8(2,3)7-9(4,5)6/h;;;;(H2,1,2,3)(H2,4,5,6). The topological polar surface area (TPSA) is 124 Å². The van der Waals surface area contributed by atoms with E-state index >= 15 is 0 Å². The van der Waals surface area contributed by atoms with Crippen molar-refractivity contribution in [2.45, 2.75) is 0 Å². The summed E-state index contributed by atoms with van der Waals surface area (Å²) < 4.78 is 22.2. The second kappa shape index (κ2) is 14.0. The first-order chi connectivity index (χ1) is 3.71. The van der Waals surface area contributed by atoms with Gasteiger partial charge in [0.1, 0.15) is 0 Å². The summed E-state index contributed by atoms with van der Waals surface area (Å²) in [7, 11) is -10.1. The number of rotatable bonds is 2. The van der Waals surface area contributed by atoms with Crippen molar-refractivity contribution in [3.05, 3.63) is 0 Å². The van der Waals surface area contributed by atoms with Crippen LogP contribution in [0.4, 0.5) is 0 Å². The Labute approximate surface area is 204 Å². The van der Waals surface area contributed by atoms with Crippen LogP contribution in [0.2, 0.25) is 0 Å². The van der Waals surface area contributed by atoms with E-state index in [4.69, 9.17) is 19.6 Å². The van der Waals surface area contributed by atoms with Crippen LogP contribution < -0.4 is 0 Å². The van der Waals surface area contributed by atoms with Crippen molar-refractivity contribution in [2.75, 3.05) is 0 Å². The molecule has 0 atom stereocenters. The van der Waals surface area contributed by atoms with Crippen LogP contribution in [0.1, 0.15) is 0 Å². The van der Waals surface area contributed by atoms with E-state index in [1.807, 2.05) is 0 Å².